The second kappa shape index (κ2) is 6.54. The molecule has 1 aromatic heterocycles. The summed E-state index contributed by atoms with van der Waals surface area (Å²) in [6.45, 7) is 6.22. The number of Topliss-reactive ketones (excluding diaryl/α,β-unsaturated/α-hetero) is 1. The molecule has 0 bridgehead atoms. The van der Waals surface area contributed by atoms with Gasteiger partial charge in [0.25, 0.3) is 0 Å². The van der Waals surface area contributed by atoms with Crippen molar-refractivity contribution >= 4 is 16.7 Å². The number of pyridine rings is 1. The van der Waals surface area contributed by atoms with Crippen LogP contribution in [-0.2, 0) is 11.2 Å². The van der Waals surface area contributed by atoms with Crippen LogP contribution in [0.4, 0.5) is 0 Å². The van der Waals surface area contributed by atoms with Gasteiger partial charge in [0.15, 0.2) is 0 Å². The first-order valence-electron chi connectivity index (χ1n) is 7.29. The average Bonchev–Trinajstić information content (AvgIpc) is 2.42. The molecule has 21 heavy (non-hydrogen) atoms. The number of nitrogens with zero attached hydrogens (tertiary/aromatic N) is 1. The number of benzene rings is 1. The lowest BCUT2D eigenvalue weighted by atomic mass is 9.97. The van der Waals surface area contributed by atoms with Gasteiger partial charge in [0.05, 0.1) is 5.52 Å². The molecule has 0 N–H and O–H groups in total. The molecule has 0 unspecified atom stereocenters. The van der Waals surface area contributed by atoms with Crippen molar-refractivity contribution < 1.29 is 4.79 Å². The van der Waals surface area contributed by atoms with Crippen LogP contribution in [0.5, 0.6) is 0 Å². The van der Waals surface area contributed by atoms with E-state index in [1.165, 1.54) is 0 Å². The highest BCUT2D eigenvalue weighted by molar-refractivity contribution is 5.84. The smallest absolute Gasteiger partial charge is 0.138 e. The minimum atomic E-state index is 0.00701. The third-order valence-corrected chi connectivity index (χ3v) is 3.06. The SMILES string of the molecule is CC(C)(C)C#CCCC(=O)Cc1ccc2cccnc2c1. The van der Waals surface area contributed by atoms with Crippen LogP contribution in [0.2, 0.25) is 0 Å². The molecule has 0 fully saturated rings. The Hall–Kier alpha value is -2.14. The second-order valence-electron chi connectivity index (χ2n) is 6.30. The molecule has 0 radical (unpaired) electrons. The van der Waals surface area contributed by atoms with E-state index in [9.17, 15) is 4.79 Å². The van der Waals surface area contributed by atoms with E-state index in [-0.39, 0.29) is 11.2 Å². The molecule has 0 aliphatic carbocycles. The van der Waals surface area contributed by atoms with Gasteiger partial charge in [0.2, 0.25) is 0 Å². The lowest BCUT2D eigenvalue weighted by Crippen LogP contribution is -2.03. The number of fused-ring (bicyclic) bond motifs is 1. The van der Waals surface area contributed by atoms with Crippen LogP contribution < -0.4 is 0 Å². The minimum Gasteiger partial charge on any atom is -0.299 e. The number of hydrogen-bond acceptors (Lipinski definition) is 2. The Bertz CT molecular complexity index is 699. The van der Waals surface area contributed by atoms with Crippen molar-refractivity contribution in [1.29, 1.82) is 0 Å². The number of rotatable bonds is 4. The molecule has 0 aliphatic rings. The summed E-state index contributed by atoms with van der Waals surface area (Å²) < 4.78 is 0. The molecule has 0 spiro atoms. The van der Waals surface area contributed by atoms with E-state index in [1.54, 1.807) is 6.20 Å². The van der Waals surface area contributed by atoms with Gasteiger partial charge in [0.1, 0.15) is 5.78 Å². The molecule has 0 aliphatic heterocycles. The van der Waals surface area contributed by atoms with E-state index in [1.807, 2.05) is 30.3 Å². The zero-order valence-electron chi connectivity index (χ0n) is 12.9. The summed E-state index contributed by atoms with van der Waals surface area (Å²) in [6, 6.07) is 9.96. The maximum absolute atomic E-state index is 12.0. The zero-order valence-corrected chi connectivity index (χ0v) is 12.9. The van der Waals surface area contributed by atoms with Gasteiger partial charge in [-0.25, -0.2) is 0 Å². The number of carbonyl (C=O) groups excluding carboxylic acids is 1. The van der Waals surface area contributed by atoms with E-state index in [4.69, 9.17) is 0 Å². The number of ketones is 1. The molecule has 108 valence electrons. The van der Waals surface area contributed by atoms with Gasteiger partial charge in [0, 0.05) is 36.3 Å². The van der Waals surface area contributed by atoms with Crippen LogP contribution in [0.3, 0.4) is 0 Å². The van der Waals surface area contributed by atoms with Crippen molar-refractivity contribution in [2.75, 3.05) is 0 Å². The van der Waals surface area contributed by atoms with Crippen molar-refractivity contribution in [3.63, 3.8) is 0 Å². The van der Waals surface area contributed by atoms with Crippen molar-refractivity contribution in [1.82, 2.24) is 4.98 Å². The van der Waals surface area contributed by atoms with Gasteiger partial charge in [-0.1, -0.05) is 24.1 Å². The number of aromatic nitrogens is 1. The predicted octanol–water partition coefficient (Wildman–Crippen LogP) is 4.18. The van der Waals surface area contributed by atoms with Gasteiger partial charge in [-0.15, -0.1) is 5.92 Å². The Kier molecular flexibility index (Phi) is 4.75. The van der Waals surface area contributed by atoms with E-state index < -0.39 is 0 Å². The number of hydrogen-bond donors (Lipinski definition) is 0. The van der Waals surface area contributed by atoms with E-state index >= 15 is 0 Å². The first-order valence-corrected chi connectivity index (χ1v) is 7.29. The highest BCUT2D eigenvalue weighted by atomic mass is 16.1. The Labute approximate surface area is 126 Å². The summed E-state index contributed by atoms with van der Waals surface area (Å²) in [7, 11) is 0. The fraction of sp³-hybridized carbons (Fsp3) is 0.368. The summed E-state index contributed by atoms with van der Waals surface area (Å²) in [5.74, 6) is 6.47. The summed E-state index contributed by atoms with van der Waals surface area (Å²) in [5.41, 5.74) is 1.97. The highest BCUT2D eigenvalue weighted by Crippen LogP contribution is 2.14. The molecular formula is C19H21NO. The van der Waals surface area contributed by atoms with E-state index in [2.05, 4.69) is 37.6 Å². The Morgan fingerprint density at radius 3 is 2.81 bits per heavy atom. The summed E-state index contributed by atoms with van der Waals surface area (Å²) in [5, 5.41) is 1.10. The monoisotopic (exact) mass is 279 g/mol. The van der Waals surface area contributed by atoms with Crippen molar-refractivity contribution in [3.8, 4) is 11.8 Å². The van der Waals surface area contributed by atoms with Crippen molar-refractivity contribution in [3.05, 3.63) is 42.1 Å². The topological polar surface area (TPSA) is 30.0 Å². The minimum absolute atomic E-state index is 0.00701. The average molecular weight is 279 g/mol. The molecule has 0 saturated carbocycles. The summed E-state index contributed by atoms with van der Waals surface area (Å²) >= 11 is 0. The first kappa shape index (κ1) is 15.3. The third-order valence-electron chi connectivity index (χ3n) is 3.06. The molecular weight excluding hydrogens is 258 g/mol. The quantitative estimate of drug-likeness (QED) is 0.786. The summed E-state index contributed by atoms with van der Waals surface area (Å²) in [4.78, 5) is 16.3. The van der Waals surface area contributed by atoms with Gasteiger partial charge in [-0.3, -0.25) is 9.78 Å². The van der Waals surface area contributed by atoms with Gasteiger partial charge < -0.3 is 0 Å². The molecule has 2 aromatic rings. The lowest BCUT2D eigenvalue weighted by Gasteiger charge is -2.06. The predicted molar refractivity (Wildman–Crippen MR) is 86.9 cm³/mol. The molecule has 1 aromatic carbocycles. The summed E-state index contributed by atoms with van der Waals surface area (Å²) in [6.07, 6.45) is 3.39. The van der Waals surface area contributed by atoms with Crippen LogP contribution >= 0.6 is 0 Å². The van der Waals surface area contributed by atoms with E-state index in [0.29, 0.717) is 19.3 Å². The Morgan fingerprint density at radius 2 is 2.05 bits per heavy atom. The Balaban J connectivity index is 1.93. The third kappa shape index (κ3) is 5.04. The molecule has 2 nitrogen and oxygen atoms in total. The number of carbonyl (C=O) groups is 1. The highest BCUT2D eigenvalue weighted by Gasteiger charge is 2.06. The maximum Gasteiger partial charge on any atom is 0.138 e. The maximum atomic E-state index is 12.0. The normalized spacial score (nSPS) is 11.0. The largest absolute Gasteiger partial charge is 0.299 e. The van der Waals surface area contributed by atoms with Gasteiger partial charge in [-0.2, -0.15) is 0 Å². The molecule has 0 amide bonds. The van der Waals surface area contributed by atoms with E-state index in [0.717, 1.165) is 16.5 Å². The molecule has 2 heteroatoms. The fourth-order valence-corrected chi connectivity index (χ4v) is 2.07. The first-order chi connectivity index (χ1) is 9.94. The van der Waals surface area contributed by atoms with Crippen molar-refractivity contribution in [2.45, 2.75) is 40.0 Å². The standard InChI is InChI=1S/C19H21NO/c1-19(2,3)11-5-4-8-17(21)13-15-9-10-16-7-6-12-20-18(16)14-15/h6-7,9-10,12,14H,4,8,13H2,1-3H3. The van der Waals surface area contributed by atoms with Gasteiger partial charge in [-0.05, 0) is 38.5 Å². The molecule has 0 atom stereocenters. The van der Waals surface area contributed by atoms with Crippen LogP contribution in [0, 0.1) is 17.3 Å². The molecule has 2 rings (SSSR count). The lowest BCUT2D eigenvalue weighted by molar-refractivity contribution is -0.118. The van der Waals surface area contributed by atoms with Crippen LogP contribution in [0.15, 0.2) is 36.5 Å². The second-order valence-corrected chi connectivity index (χ2v) is 6.30. The fourth-order valence-electron chi connectivity index (χ4n) is 2.07. The molecule has 1 heterocycles. The van der Waals surface area contributed by atoms with Crippen LogP contribution in [0.1, 0.15) is 39.2 Å². The van der Waals surface area contributed by atoms with Gasteiger partial charge >= 0.3 is 0 Å². The Morgan fingerprint density at radius 1 is 1.24 bits per heavy atom. The van der Waals surface area contributed by atoms with Crippen LogP contribution in [0.25, 0.3) is 10.9 Å². The van der Waals surface area contributed by atoms with Crippen molar-refractivity contribution in [2.24, 2.45) is 5.41 Å². The van der Waals surface area contributed by atoms with Crippen LogP contribution in [-0.4, -0.2) is 10.8 Å². The molecule has 0 saturated heterocycles. The zero-order chi connectivity index (χ0) is 15.3.